The van der Waals surface area contributed by atoms with Crippen molar-refractivity contribution in [1.29, 1.82) is 0 Å². The van der Waals surface area contributed by atoms with Crippen molar-refractivity contribution in [1.82, 2.24) is 5.32 Å². The molecular formula is C29H28N2O4. The van der Waals surface area contributed by atoms with Crippen LogP contribution in [0.4, 0.5) is 10.5 Å². The van der Waals surface area contributed by atoms with Gasteiger partial charge in [0.1, 0.15) is 12.7 Å². The maximum Gasteiger partial charge on any atom is 0.407 e. The average molecular weight is 469 g/mol. The van der Waals surface area contributed by atoms with Gasteiger partial charge in [0.05, 0.1) is 6.10 Å². The first kappa shape index (κ1) is 22.9. The highest BCUT2D eigenvalue weighted by Gasteiger charge is 2.29. The van der Waals surface area contributed by atoms with Gasteiger partial charge in [-0.25, -0.2) is 4.79 Å². The lowest BCUT2D eigenvalue weighted by Gasteiger charge is -2.20. The fourth-order valence-corrected chi connectivity index (χ4v) is 4.94. The molecule has 4 aromatic rings. The summed E-state index contributed by atoms with van der Waals surface area (Å²) < 4.78 is 5.53. The quantitative estimate of drug-likeness (QED) is 0.293. The summed E-state index contributed by atoms with van der Waals surface area (Å²) in [6, 6.07) is 27.3. The molecule has 0 spiro atoms. The van der Waals surface area contributed by atoms with E-state index in [9.17, 15) is 15.0 Å². The van der Waals surface area contributed by atoms with E-state index in [1.54, 1.807) is 12.1 Å². The Morgan fingerprint density at radius 3 is 2.14 bits per heavy atom. The van der Waals surface area contributed by atoms with Gasteiger partial charge in [0.15, 0.2) is 0 Å². The number of carbonyl (C=O) groups excluding carboxylic acids is 1. The molecule has 0 heterocycles. The van der Waals surface area contributed by atoms with Crippen molar-refractivity contribution < 1.29 is 19.7 Å². The van der Waals surface area contributed by atoms with Gasteiger partial charge < -0.3 is 26.0 Å². The molecule has 178 valence electrons. The molecule has 6 nitrogen and oxygen atoms in total. The number of hydrogen-bond donors (Lipinski definition) is 4. The van der Waals surface area contributed by atoms with E-state index in [4.69, 9.17) is 10.5 Å². The molecule has 0 aliphatic heterocycles. The van der Waals surface area contributed by atoms with Crippen LogP contribution in [0.5, 0.6) is 0 Å². The Morgan fingerprint density at radius 2 is 1.46 bits per heavy atom. The monoisotopic (exact) mass is 468 g/mol. The molecule has 1 aliphatic carbocycles. The molecule has 0 saturated heterocycles. The summed E-state index contributed by atoms with van der Waals surface area (Å²) >= 11 is 0. The van der Waals surface area contributed by atoms with Gasteiger partial charge in [-0.2, -0.15) is 0 Å². The number of benzene rings is 4. The summed E-state index contributed by atoms with van der Waals surface area (Å²) in [5.74, 6) is -0.0145. The number of ether oxygens (including phenoxy) is 1. The van der Waals surface area contributed by atoms with Crippen LogP contribution in [-0.2, 0) is 4.74 Å². The molecular weight excluding hydrogens is 440 g/mol. The fraction of sp³-hybridized carbons (Fsp3) is 0.207. The Kier molecular flexibility index (Phi) is 6.40. The van der Waals surface area contributed by atoms with Gasteiger partial charge in [-0.1, -0.05) is 78.9 Å². The third kappa shape index (κ3) is 4.46. The molecule has 6 heteroatoms. The number of nitrogens with two attached hydrogens (primary N) is 1. The van der Waals surface area contributed by atoms with Crippen molar-refractivity contribution in [2.24, 2.45) is 0 Å². The summed E-state index contributed by atoms with van der Waals surface area (Å²) in [5, 5.41) is 25.6. The molecule has 5 N–H and O–H groups in total. The van der Waals surface area contributed by atoms with Crippen molar-refractivity contribution in [3.63, 3.8) is 0 Å². The van der Waals surface area contributed by atoms with E-state index >= 15 is 0 Å². The second-order valence-corrected chi connectivity index (χ2v) is 8.84. The minimum Gasteiger partial charge on any atom is -0.449 e. The third-order valence-corrected chi connectivity index (χ3v) is 6.73. The van der Waals surface area contributed by atoms with Crippen molar-refractivity contribution in [3.05, 3.63) is 102 Å². The lowest BCUT2D eigenvalue weighted by molar-refractivity contribution is 0.0145. The number of aliphatic hydroxyl groups excluding tert-OH is 2. The van der Waals surface area contributed by atoms with Crippen LogP contribution in [0.2, 0.25) is 0 Å². The van der Waals surface area contributed by atoms with Gasteiger partial charge in [0.25, 0.3) is 0 Å². The zero-order valence-electron chi connectivity index (χ0n) is 19.2. The predicted octanol–water partition coefficient (Wildman–Crippen LogP) is 4.75. The average Bonchev–Trinajstić information content (AvgIpc) is 3.21. The molecule has 0 radical (unpaired) electrons. The van der Waals surface area contributed by atoms with Gasteiger partial charge in [-0.05, 0) is 45.7 Å². The molecule has 0 bridgehead atoms. The van der Waals surface area contributed by atoms with Crippen LogP contribution in [0.1, 0.15) is 35.1 Å². The summed E-state index contributed by atoms with van der Waals surface area (Å²) in [6.45, 7) is 0.393. The largest absolute Gasteiger partial charge is 0.449 e. The Hall–Kier alpha value is -3.87. The first-order valence-corrected chi connectivity index (χ1v) is 11.8. The summed E-state index contributed by atoms with van der Waals surface area (Å²) in [4.78, 5) is 12.4. The van der Waals surface area contributed by atoms with Crippen LogP contribution in [0.25, 0.3) is 21.9 Å². The number of alkyl carbamates (subject to hydrolysis) is 1. The fourth-order valence-electron chi connectivity index (χ4n) is 4.94. The normalized spacial score (nSPS) is 14.2. The number of fused-ring (bicyclic) bond motifs is 4. The number of nitrogen functional groups attached to an aromatic ring is 1. The third-order valence-electron chi connectivity index (χ3n) is 6.73. The van der Waals surface area contributed by atoms with E-state index in [0.29, 0.717) is 11.3 Å². The highest BCUT2D eigenvalue weighted by molar-refractivity contribution is 5.95. The summed E-state index contributed by atoms with van der Waals surface area (Å²) in [5.41, 5.74) is 11.9. The number of nitrogens with one attached hydrogen (secondary N) is 1. The van der Waals surface area contributed by atoms with Gasteiger partial charge in [-0.15, -0.1) is 0 Å². The summed E-state index contributed by atoms with van der Waals surface area (Å²) in [6.07, 6.45) is -2.54. The number of hydrogen-bond acceptors (Lipinski definition) is 5. The van der Waals surface area contributed by atoms with Gasteiger partial charge >= 0.3 is 6.09 Å². The van der Waals surface area contributed by atoms with E-state index in [-0.39, 0.29) is 25.5 Å². The van der Waals surface area contributed by atoms with E-state index in [1.807, 2.05) is 48.5 Å². The number of rotatable bonds is 7. The molecule has 35 heavy (non-hydrogen) atoms. The van der Waals surface area contributed by atoms with Crippen molar-refractivity contribution in [2.75, 3.05) is 18.9 Å². The smallest absolute Gasteiger partial charge is 0.407 e. The van der Waals surface area contributed by atoms with E-state index in [2.05, 4.69) is 29.6 Å². The Labute approximate surface area is 204 Å². The predicted molar refractivity (Wildman–Crippen MR) is 137 cm³/mol. The lowest BCUT2D eigenvalue weighted by atomic mass is 9.95. The molecule has 2 unspecified atom stereocenters. The van der Waals surface area contributed by atoms with Crippen LogP contribution in [0, 0.1) is 0 Å². The zero-order valence-corrected chi connectivity index (χ0v) is 19.2. The van der Waals surface area contributed by atoms with Crippen molar-refractivity contribution in [2.45, 2.75) is 24.5 Å². The van der Waals surface area contributed by atoms with Crippen LogP contribution >= 0.6 is 0 Å². The second kappa shape index (κ2) is 9.78. The van der Waals surface area contributed by atoms with Gasteiger partial charge in [0.2, 0.25) is 0 Å². The van der Waals surface area contributed by atoms with Crippen LogP contribution in [-0.4, -0.2) is 35.6 Å². The standard InChI is InChI=1S/C29H28N2O4/c30-26-14-13-24(22-11-5-6-12-23(22)26)28(33)27(32)15-16-31-29(34)35-17-25-20-9-3-1-7-18(20)19-8-2-4-10-21(19)25/h1-14,25,27-28,32-33H,15-17,30H2,(H,31,34). The first-order chi connectivity index (χ1) is 17.0. The highest BCUT2D eigenvalue weighted by atomic mass is 16.5. The van der Waals surface area contributed by atoms with Crippen LogP contribution in [0.3, 0.4) is 0 Å². The zero-order chi connectivity index (χ0) is 24.4. The number of carbonyl (C=O) groups is 1. The molecule has 5 rings (SSSR count). The second-order valence-electron chi connectivity index (χ2n) is 8.84. The molecule has 0 aromatic heterocycles. The molecule has 0 saturated carbocycles. The molecule has 1 amide bonds. The molecule has 0 fully saturated rings. The maximum absolute atomic E-state index is 12.4. The van der Waals surface area contributed by atoms with Crippen molar-refractivity contribution in [3.8, 4) is 11.1 Å². The minimum atomic E-state index is -1.11. The van der Waals surface area contributed by atoms with Crippen LogP contribution in [0.15, 0.2) is 84.9 Å². The Balaban J connectivity index is 1.16. The van der Waals surface area contributed by atoms with E-state index in [0.717, 1.165) is 21.9 Å². The topological polar surface area (TPSA) is 105 Å². The first-order valence-electron chi connectivity index (χ1n) is 11.8. The number of amides is 1. The van der Waals surface area contributed by atoms with Crippen molar-refractivity contribution >= 4 is 22.6 Å². The van der Waals surface area contributed by atoms with E-state index in [1.165, 1.54) is 11.1 Å². The van der Waals surface area contributed by atoms with Crippen LogP contribution < -0.4 is 11.1 Å². The van der Waals surface area contributed by atoms with Gasteiger partial charge in [-0.3, -0.25) is 0 Å². The highest BCUT2D eigenvalue weighted by Crippen LogP contribution is 2.44. The molecule has 1 aliphatic rings. The maximum atomic E-state index is 12.4. The van der Waals surface area contributed by atoms with E-state index < -0.39 is 18.3 Å². The number of aliphatic hydroxyl groups is 2. The Bertz CT molecular complexity index is 1320. The summed E-state index contributed by atoms with van der Waals surface area (Å²) in [7, 11) is 0. The number of anilines is 1. The molecule has 4 aromatic carbocycles. The molecule has 2 atom stereocenters. The lowest BCUT2D eigenvalue weighted by Crippen LogP contribution is -2.30. The van der Waals surface area contributed by atoms with Gasteiger partial charge in [0, 0.05) is 23.5 Å². The SMILES string of the molecule is Nc1ccc(C(O)C(O)CCNC(=O)OCC2c3ccccc3-c3ccccc32)c2ccccc12. The Morgan fingerprint density at radius 1 is 0.857 bits per heavy atom. The minimum absolute atomic E-state index is 0.0145.